The van der Waals surface area contributed by atoms with Crippen LogP contribution >= 0.6 is 15.9 Å². The maximum absolute atomic E-state index is 13.2. The summed E-state index contributed by atoms with van der Waals surface area (Å²) in [6.07, 6.45) is -3.02. The van der Waals surface area contributed by atoms with Crippen LogP contribution in [0, 0.1) is 17.7 Å². The zero-order valence-electron chi connectivity index (χ0n) is 11.7. The van der Waals surface area contributed by atoms with Gasteiger partial charge in [0, 0.05) is 16.9 Å². The Bertz CT molecular complexity index is 547. The monoisotopic (exact) mass is 381 g/mol. The zero-order chi connectivity index (χ0) is 16.3. The van der Waals surface area contributed by atoms with Gasteiger partial charge in [0.15, 0.2) is 0 Å². The largest absolute Gasteiger partial charge is 0.392 e. The van der Waals surface area contributed by atoms with Crippen LogP contribution in [0.3, 0.4) is 0 Å². The van der Waals surface area contributed by atoms with Crippen molar-refractivity contribution < 1.29 is 22.4 Å². The average molecular weight is 382 g/mol. The van der Waals surface area contributed by atoms with Crippen molar-refractivity contribution in [2.45, 2.75) is 38.4 Å². The van der Waals surface area contributed by atoms with E-state index >= 15 is 0 Å². The van der Waals surface area contributed by atoms with Crippen molar-refractivity contribution in [2.24, 2.45) is 11.8 Å². The van der Waals surface area contributed by atoms with Crippen molar-refractivity contribution in [3.63, 3.8) is 0 Å². The highest BCUT2D eigenvalue weighted by atomic mass is 79.9. The molecule has 2 unspecified atom stereocenters. The number of alkyl halides is 3. The fourth-order valence-corrected chi connectivity index (χ4v) is 3.22. The minimum atomic E-state index is -4.36. The number of nitrogens with one attached hydrogen (secondary N) is 1. The molecule has 0 radical (unpaired) electrons. The lowest BCUT2D eigenvalue weighted by Gasteiger charge is -2.32. The summed E-state index contributed by atoms with van der Waals surface area (Å²) < 4.78 is 52.7. The first-order valence-electron chi connectivity index (χ1n) is 7.07. The summed E-state index contributed by atoms with van der Waals surface area (Å²) in [4.78, 5) is 12.1. The SMILES string of the molecule is O=C(NCc1cc(F)ccc1Br)C1CCCCC1C(F)(F)F. The molecule has 0 heterocycles. The molecule has 1 fully saturated rings. The zero-order valence-corrected chi connectivity index (χ0v) is 13.3. The third-order valence-corrected chi connectivity index (χ3v) is 4.76. The van der Waals surface area contributed by atoms with Gasteiger partial charge in [-0.25, -0.2) is 4.39 Å². The Balaban J connectivity index is 2.03. The lowest BCUT2D eigenvalue weighted by atomic mass is 9.78. The number of hydrogen-bond acceptors (Lipinski definition) is 1. The van der Waals surface area contributed by atoms with Crippen LogP contribution in [-0.2, 0) is 11.3 Å². The van der Waals surface area contributed by atoms with E-state index in [0.717, 1.165) is 0 Å². The molecule has 0 spiro atoms. The predicted octanol–water partition coefficient (Wildman–Crippen LogP) is 4.57. The highest BCUT2D eigenvalue weighted by Gasteiger charge is 2.47. The van der Waals surface area contributed by atoms with Crippen molar-refractivity contribution in [1.29, 1.82) is 0 Å². The molecule has 22 heavy (non-hydrogen) atoms. The summed E-state index contributed by atoms with van der Waals surface area (Å²) in [6.45, 7) is -0.00173. The Morgan fingerprint density at radius 2 is 1.95 bits per heavy atom. The van der Waals surface area contributed by atoms with Gasteiger partial charge < -0.3 is 5.32 Å². The van der Waals surface area contributed by atoms with E-state index in [2.05, 4.69) is 21.2 Å². The minimum Gasteiger partial charge on any atom is -0.352 e. The molecule has 0 bridgehead atoms. The van der Waals surface area contributed by atoms with Gasteiger partial charge in [0.25, 0.3) is 0 Å². The third kappa shape index (κ3) is 4.21. The second kappa shape index (κ2) is 6.98. The maximum atomic E-state index is 13.2. The number of carbonyl (C=O) groups is 1. The first-order chi connectivity index (χ1) is 10.3. The van der Waals surface area contributed by atoms with Gasteiger partial charge in [0.2, 0.25) is 5.91 Å². The molecule has 1 amide bonds. The van der Waals surface area contributed by atoms with E-state index in [-0.39, 0.29) is 19.4 Å². The summed E-state index contributed by atoms with van der Waals surface area (Å²) in [5, 5.41) is 2.50. The fraction of sp³-hybridized carbons (Fsp3) is 0.533. The van der Waals surface area contributed by atoms with Crippen LogP contribution in [0.4, 0.5) is 17.6 Å². The summed E-state index contributed by atoms with van der Waals surface area (Å²) in [5.74, 6) is -3.71. The van der Waals surface area contributed by atoms with E-state index in [1.54, 1.807) is 0 Å². The van der Waals surface area contributed by atoms with Crippen LogP contribution in [-0.4, -0.2) is 12.1 Å². The minimum absolute atomic E-state index is 0.00173. The number of amides is 1. The van der Waals surface area contributed by atoms with Crippen LogP contribution in [0.5, 0.6) is 0 Å². The van der Waals surface area contributed by atoms with Gasteiger partial charge in [-0.1, -0.05) is 28.8 Å². The third-order valence-electron chi connectivity index (χ3n) is 3.98. The van der Waals surface area contributed by atoms with Gasteiger partial charge in [-0.2, -0.15) is 13.2 Å². The van der Waals surface area contributed by atoms with Crippen molar-refractivity contribution in [3.05, 3.63) is 34.1 Å². The molecule has 122 valence electrons. The lowest BCUT2D eigenvalue weighted by Crippen LogP contribution is -2.42. The van der Waals surface area contributed by atoms with Crippen LogP contribution in [0.1, 0.15) is 31.2 Å². The van der Waals surface area contributed by atoms with E-state index < -0.39 is 29.7 Å². The Morgan fingerprint density at radius 1 is 1.27 bits per heavy atom. The Hall–Kier alpha value is -1.11. The molecule has 1 aromatic carbocycles. The molecule has 1 aromatic rings. The van der Waals surface area contributed by atoms with Gasteiger partial charge in [-0.05, 0) is 36.6 Å². The second-order valence-corrected chi connectivity index (χ2v) is 6.35. The first kappa shape index (κ1) is 17.2. The topological polar surface area (TPSA) is 29.1 Å². The molecule has 1 aliphatic rings. The predicted molar refractivity (Wildman–Crippen MR) is 77.4 cm³/mol. The van der Waals surface area contributed by atoms with Crippen LogP contribution in [0.15, 0.2) is 22.7 Å². The summed E-state index contributed by atoms with van der Waals surface area (Å²) in [6, 6.07) is 4.00. The van der Waals surface area contributed by atoms with Gasteiger partial charge in [-0.15, -0.1) is 0 Å². The molecular formula is C15H16BrF4NO. The van der Waals surface area contributed by atoms with Gasteiger partial charge in [0.05, 0.1) is 5.92 Å². The number of carbonyl (C=O) groups excluding carboxylic acids is 1. The molecule has 0 aliphatic heterocycles. The van der Waals surface area contributed by atoms with Gasteiger partial charge in [0.1, 0.15) is 5.82 Å². The second-order valence-electron chi connectivity index (χ2n) is 5.49. The van der Waals surface area contributed by atoms with E-state index in [1.165, 1.54) is 18.2 Å². The molecule has 7 heteroatoms. The average Bonchev–Trinajstić information content (AvgIpc) is 2.47. The molecule has 1 aliphatic carbocycles. The van der Waals surface area contributed by atoms with Crippen molar-refractivity contribution in [2.75, 3.05) is 0 Å². The van der Waals surface area contributed by atoms with E-state index in [4.69, 9.17) is 0 Å². The normalized spacial score (nSPS) is 22.4. The van der Waals surface area contributed by atoms with Crippen LogP contribution < -0.4 is 5.32 Å². The number of benzene rings is 1. The van der Waals surface area contributed by atoms with Crippen molar-refractivity contribution in [1.82, 2.24) is 5.32 Å². The fourth-order valence-electron chi connectivity index (χ4n) is 2.83. The quantitative estimate of drug-likeness (QED) is 0.763. The summed E-state index contributed by atoms with van der Waals surface area (Å²) in [7, 11) is 0. The Labute approximate surface area is 134 Å². The Morgan fingerprint density at radius 3 is 2.64 bits per heavy atom. The Kier molecular flexibility index (Phi) is 5.47. The molecule has 2 nitrogen and oxygen atoms in total. The highest BCUT2D eigenvalue weighted by molar-refractivity contribution is 9.10. The molecule has 2 rings (SSSR count). The molecular weight excluding hydrogens is 366 g/mol. The van der Waals surface area contributed by atoms with E-state index in [0.29, 0.717) is 22.9 Å². The summed E-state index contributed by atoms with van der Waals surface area (Å²) >= 11 is 3.22. The summed E-state index contributed by atoms with van der Waals surface area (Å²) in [5.41, 5.74) is 0.493. The maximum Gasteiger partial charge on any atom is 0.392 e. The van der Waals surface area contributed by atoms with Crippen LogP contribution in [0.2, 0.25) is 0 Å². The molecule has 2 atom stereocenters. The highest BCUT2D eigenvalue weighted by Crippen LogP contribution is 2.41. The van der Waals surface area contributed by atoms with Crippen LogP contribution in [0.25, 0.3) is 0 Å². The molecule has 0 aromatic heterocycles. The number of rotatable bonds is 3. The molecule has 1 N–H and O–H groups in total. The number of hydrogen-bond donors (Lipinski definition) is 1. The van der Waals surface area contributed by atoms with E-state index in [1.807, 2.05) is 0 Å². The van der Waals surface area contributed by atoms with Crippen molar-refractivity contribution in [3.8, 4) is 0 Å². The first-order valence-corrected chi connectivity index (χ1v) is 7.86. The van der Waals surface area contributed by atoms with E-state index in [9.17, 15) is 22.4 Å². The standard InChI is InChI=1S/C15H16BrF4NO/c16-13-6-5-10(17)7-9(13)8-21-14(22)11-3-1-2-4-12(11)15(18,19)20/h5-7,11-12H,1-4,8H2,(H,21,22). The van der Waals surface area contributed by atoms with Gasteiger partial charge in [-0.3, -0.25) is 4.79 Å². The lowest BCUT2D eigenvalue weighted by molar-refractivity contribution is -0.198. The van der Waals surface area contributed by atoms with Crippen molar-refractivity contribution >= 4 is 21.8 Å². The molecule has 1 saturated carbocycles. The smallest absolute Gasteiger partial charge is 0.352 e. The molecule has 0 saturated heterocycles. The van der Waals surface area contributed by atoms with Gasteiger partial charge >= 0.3 is 6.18 Å². The number of halogens is 5.